The summed E-state index contributed by atoms with van der Waals surface area (Å²) >= 11 is 0. The third-order valence-electron chi connectivity index (χ3n) is 3.50. The van der Waals surface area contributed by atoms with Gasteiger partial charge in [0, 0.05) is 19.3 Å². The van der Waals surface area contributed by atoms with E-state index in [4.69, 9.17) is 5.11 Å². The van der Waals surface area contributed by atoms with E-state index in [9.17, 15) is 18.0 Å². The van der Waals surface area contributed by atoms with Gasteiger partial charge in [0.2, 0.25) is 0 Å². The predicted octanol–water partition coefficient (Wildman–Crippen LogP) is 3.03. The molecule has 7 heteroatoms. The number of carboxylic acid groups (broad SMARTS) is 1. The molecule has 2 rings (SSSR count). The van der Waals surface area contributed by atoms with Gasteiger partial charge in [-0.3, -0.25) is 0 Å². The molecular weight excluding hydrogens is 273 g/mol. The Morgan fingerprint density at radius 2 is 2.00 bits per heavy atom. The van der Waals surface area contributed by atoms with Gasteiger partial charge in [0.15, 0.2) is 0 Å². The van der Waals surface area contributed by atoms with Crippen molar-refractivity contribution in [1.82, 2.24) is 4.98 Å². The number of aromatic nitrogens is 1. The zero-order valence-electron chi connectivity index (χ0n) is 10.9. The highest BCUT2D eigenvalue weighted by atomic mass is 19.4. The maximum atomic E-state index is 13.1. The van der Waals surface area contributed by atoms with Crippen molar-refractivity contribution in [3.8, 4) is 0 Å². The maximum absolute atomic E-state index is 13.1. The molecule has 2 heterocycles. The van der Waals surface area contributed by atoms with Crippen LogP contribution in [0.25, 0.3) is 0 Å². The fourth-order valence-corrected chi connectivity index (χ4v) is 2.26. The summed E-state index contributed by atoms with van der Waals surface area (Å²) in [6.45, 7) is 3.07. The van der Waals surface area contributed by atoms with Crippen LogP contribution in [-0.2, 0) is 6.18 Å². The molecule has 0 radical (unpaired) electrons. The van der Waals surface area contributed by atoms with Crippen LogP contribution in [0.5, 0.6) is 0 Å². The van der Waals surface area contributed by atoms with Crippen LogP contribution in [0.15, 0.2) is 12.3 Å². The second-order valence-corrected chi connectivity index (χ2v) is 5.07. The van der Waals surface area contributed by atoms with Crippen LogP contribution in [0.1, 0.15) is 35.7 Å². The van der Waals surface area contributed by atoms with Crippen LogP contribution < -0.4 is 4.90 Å². The van der Waals surface area contributed by atoms with Crippen molar-refractivity contribution < 1.29 is 23.1 Å². The van der Waals surface area contributed by atoms with Crippen molar-refractivity contribution in [1.29, 1.82) is 0 Å². The van der Waals surface area contributed by atoms with Crippen LogP contribution in [0.4, 0.5) is 19.0 Å². The Morgan fingerprint density at radius 3 is 2.50 bits per heavy atom. The summed E-state index contributed by atoms with van der Waals surface area (Å²) in [6.07, 6.45) is -2.03. The number of alkyl halides is 3. The zero-order valence-corrected chi connectivity index (χ0v) is 10.9. The van der Waals surface area contributed by atoms with Crippen LogP contribution >= 0.6 is 0 Å². The lowest BCUT2D eigenvalue weighted by Gasteiger charge is -2.32. The number of hydrogen-bond acceptors (Lipinski definition) is 3. The summed E-state index contributed by atoms with van der Waals surface area (Å²) < 4.78 is 39.2. The first-order valence-corrected chi connectivity index (χ1v) is 6.34. The van der Waals surface area contributed by atoms with E-state index >= 15 is 0 Å². The number of anilines is 1. The Labute approximate surface area is 114 Å². The standard InChI is InChI=1S/C13H15F3N2O2/c1-8-2-4-18(5-3-8)11-10(13(14,15)16)6-9(7-17-11)12(19)20/h6-8H,2-5H2,1H3,(H,19,20). The lowest BCUT2D eigenvalue weighted by atomic mass is 9.99. The van der Waals surface area contributed by atoms with Gasteiger partial charge in [-0.25, -0.2) is 9.78 Å². The molecule has 1 aliphatic heterocycles. The highest BCUT2D eigenvalue weighted by molar-refractivity contribution is 5.88. The number of rotatable bonds is 2. The van der Waals surface area contributed by atoms with E-state index in [-0.39, 0.29) is 5.82 Å². The molecule has 110 valence electrons. The molecule has 0 unspecified atom stereocenters. The molecule has 0 spiro atoms. The third-order valence-corrected chi connectivity index (χ3v) is 3.50. The molecule has 0 aromatic carbocycles. The van der Waals surface area contributed by atoms with Gasteiger partial charge < -0.3 is 10.0 Å². The lowest BCUT2D eigenvalue weighted by Crippen LogP contribution is -2.35. The van der Waals surface area contributed by atoms with Gasteiger partial charge in [0.25, 0.3) is 0 Å². The van der Waals surface area contributed by atoms with Crippen LogP contribution in [0.3, 0.4) is 0 Å². The molecular formula is C13H15F3N2O2. The van der Waals surface area contributed by atoms with Crippen molar-refractivity contribution in [2.75, 3.05) is 18.0 Å². The van der Waals surface area contributed by atoms with E-state index in [0.717, 1.165) is 19.0 Å². The number of halogens is 3. The number of nitrogens with zero attached hydrogens (tertiary/aromatic N) is 2. The Balaban J connectivity index is 2.39. The normalized spacial score (nSPS) is 17.3. The Bertz CT molecular complexity index is 509. The molecule has 4 nitrogen and oxygen atoms in total. The minimum atomic E-state index is -4.61. The van der Waals surface area contributed by atoms with E-state index < -0.39 is 23.3 Å². The number of hydrogen-bond donors (Lipinski definition) is 1. The summed E-state index contributed by atoms with van der Waals surface area (Å²) in [7, 11) is 0. The molecule has 0 saturated carbocycles. The number of carbonyl (C=O) groups is 1. The number of pyridine rings is 1. The smallest absolute Gasteiger partial charge is 0.419 e. The number of piperidine rings is 1. The van der Waals surface area contributed by atoms with Gasteiger partial charge >= 0.3 is 12.1 Å². The van der Waals surface area contributed by atoms with Gasteiger partial charge in [-0.05, 0) is 24.8 Å². The van der Waals surface area contributed by atoms with Crippen LogP contribution in [-0.4, -0.2) is 29.1 Å². The fourth-order valence-electron chi connectivity index (χ4n) is 2.26. The maximum Gasteiger partial charge on any atom is 0.419 e. The van der Waals surface area contributed by atoms with Gasteiger partial charge in [0.1, 0.15) is 5.82 Å². The van der Waals surface area contributed by atoms with Crippen molar-refractivity contribution in [3.05, 3.63) is 23.4 Å². The first kappa shape index (κ1) is 14.6. The first-order chi connectivity index (χ1) is 9.29. The molecule has 0 amide bonds. The summed E-state index contributed by atoms with van der Waals surface area (Å²) in [6, 6.07) is 0.655. The van der Waals surface area contributed by atoms with E-state index in [1.54, 1.807) is 4.90 Å². The topological polar surface area (TPSA) is 53.4 Å². The Hall–Kier alpha value is -1.79. The SMILES string of the molecule is CC1CCN(c2ncc(C(=O)O)cc2C(F)(F)F)CC1. The fraction of sp³-hybridized carbons (Fsp3) is 0.538. The molecule has 0 aliphatic carbocycles. The van der Waals surface area contributed by atoms with E-state index in [1.807, 2.05) is 0 Å². The number of aromatic carboxylic acids is 1. The molecule has 1 fully saturated rings. The Kier molecular flexibility index (Phi) is 3.87. The third kappa shape index (κ3) is 3.02. The molecule has 0 atom stereocenters. The molecule has 20 heavy (non-hydrogen) atoms. The van der Waals surface area contributed by atoms with Gasteiger partial charge in [-0.15, -0.1) is 0 Å². The number of carboxylic acids is 1. The highest BCUT2D eigenvalue weighted by Gasteiger charge is 2.37. The monoisotopic (exact) mass is 288 g/mol. The lowest BCUT2D eigenvalue weighted by molar-refractivity contribution is -0.137. The second kappa shape index (κ2) is 5.30. The van der Waals surface area contributed by atoms with E-state index in [2.05, 4.69) is 11.9 Å². The summed E-state index contributed by atoms with van der Waals surface area (Å²) in [4.78, 5) is 16.1. The minimum absolute atomic E-state index is 0.172. The summed E-state index contributed by atoms with van der Waals surface area (Å²) in [5.41, 5.74) is -1.43. The molecule has 1 N–H and O–H groups in total. The highest BCUT2D eigenvalue weighted by Crippen LogP contribution is 2.37. The molecule has 1 saturated heterocycles. The van der Waals surface area contributed by atoms with Crippen LogP contribution in [0, 0.1) is 5.92 Å². The Morgan fingerprint density at radius 1 is 1.40 bits per heavy atom. The largest absolute Gasteiger partial charge is 0.478 e. The van der Waals surface area contributed by atoms with Gasteiger partial charge in [-0.2, -0.15) is 13.2 Å². The van der Waals surface area contributed by atoms with E-state index in [0.29, 0.717) is 25.1 Å². The quantitative estimate of drug-likeness (QED) is 0.908. The molecule has 1 aliphatic rings. The first-order valence-electron chi connectivity index (χ1n) is 6.34. The zero-order chi connectivity index (χ0) is 14.9. The minimum Gasteiger partial charge on any atom is -0.478 e. The molecule has 1 aromatic rings. The average Bonchev–Trinajstić information content (AvgIpc) is 2.38. The summed E-state index contributed by atoms with van der Waals surface area (Å²) in [5, 5.41) is 8.79. The van der Waals surface area contributed by atoms with Crippen molar-refractivity contribution in [3.63, 3.8) is 0 Å². The van der Waals surface area contributed by atoms with Crippen LogP contribution in [0.2, 0.25) is 0 Å². The van der Waals surface area contributed by atoms with Crippen molar-refractivity contribution in [2.45, 2.75) is 25.9 Å². The summed E-state index contributed by atoms with van der Waals surface area (Å²) in [5.74, 6) is -1.10. The molecule has 0 bridgehead atoms. The predicted molar refractivity (Wildman–Crippen MR) is 66.8 cm³/mol. The van der Waals surface area contributed by atoms with E-state index in [1.165, 1.54) is 0 Å². The average molecular weight is 288 g/mol. The molecule has 1 aromatic heterocycles. The van der Waals surface area contributed by atoms with Gasteiger partial charge in [-0.1, -0.05) is 6.92 Å². The van der Waals surface area contributed by atoms with Gasteiger partial charge in [0.05, 0.1) is 11.1 Å². The van der Waals surface area contributed by atoms with Crippen molar-refractivity contribution >= 4 is 11.8 Å². The second-order valence-electron chi connectivity index (χ2n) is 5.07. The van der Waals surface area contributed by atoms with Crippen molar-refractivity contribution in [2.24, 2.45) is 5.92 Å².